The Morgan fingerprint density at radius 1 is 1.10 bits per heavy atom. The molecule has 2 atom stereocenters. The largest absolute Gasteiger partial charge is 0.508 e. The summed E-state index contributed by atoms with van der Waals surface area (Å²) in [6, 6.07) is 6.16. The molecule has 14 heteroatoms. The summed E-state index contributed by atoms with van der Waals surface area (Å²) in [6.07, 6.45) is 9.28. The highest BCUT2D eigenvalue weighted by Gasteiger charge is 2.49. The zero-order valence-electron chi connectivity index (χ0n) is 27.1. The van der Waals surface area contributed by atoms with Crippen molar-refractivity contribution in [2.45, 2.75) is 60.7 Å². The van der Waals surface area contributed by atoms with Crippen LogP contribution in [0.2, 0.25) is 0 Å². The number of hydrogen-bond donors (Lipinski definition) is 3. The Morgan fingerprint density at radius 2 is 1.82 bits per heavy atom. The molecule has 3 N–H and O–H groups in total. The number of alkyl halides is 3. The first kappa shape index (κ1) is 33.3. The maximum absolute atomic E-state index is 17.2. The number of benzene rings is 3. The molecular formula is C36H34F5N5O3S. The Labute approximate surface area is 289 Å². The first-order chi connectivity index (χ1) is 23.7. The SMILES string of the molecule is C#Cc1c(F)ccc2cc(O)cc(-c3c(SC(F)(F)F)cc4c(N5CC6CCC(C5)N6)nc(OCC5(CN6CC(C)(O)C6)CC5)nc4c3F)c12. The number of aromatic nitrogens is 2. The van der Waals surface area contributed by atoms with Crippen molar-refractivity contribution in [3.05, 3.63) is 47.5 Å². The number of β-amino-alcohol motifs (C(OH)–C–C–N with tert-alkyl or cyclic N) is 1. The lowest BCUT2D eigenvalue weighted by molar-refractivity contribution is -0.0921. The van der Waals surface area contributed by atoms with E-state index in [9.17, 15) is 23.4 Å². The predicted octanol–water partition coefficient (Wildman–Crippen LogP) is 6.19. The summed E-state index contributed by atoms with van der Waals surface area (Å²) < 4.78 is 81.0. The first-order valence-corrected chi connectivity index (χ1v) is 17.3. The Bertz CT molecular complexity index is 2060. The molecular weight excluding hydrogens is 677 g/mol. The molecule has 3 aromatic carbocycles. The minimum absolute atomic E-state index is 0.0161. The zero-order valence-corrected chi connectivity index (χ0v) is 27.9. The fourth-order valence-electron chi connectivity index (χ4n) is 7.91. The summed E-state index contributed by atoms with van der Waals surface area (Å²) >= 11 is -0.516. The van der Waals surface area contributed by atoms with E-state index in [1.165, 1.54) is 18.2 Å². The Kier molecular flexibility index (Phi) is 7.87. The van der Waals surface area contributed by atoms with Crippen molar-refractivity contribution in [2.75, 3.05) is 44.2 Å². The second kappa shape index (κ2) is 11.8. The van der Waals surface area contributed by atoms with E-state index in [4.69, 9.17) is 16.1 Å². The molecule has 8 rings (SSSR count). The van der Waals surface area contributed by atoms with Crippen molar-refractivity contribution in [3.8, 4) is 35.2 Å². The molecule has 1 aromatic heterocycles. The molecule has 8 nitrogen and oxygen atoms in total. The number of aliphatic hydroxyl groups is 1. The lowest BCUT2D eigenvalue weighted by Gasteiger charge is -2.45. The molecule has 1 saturated carbocycles. The predicted molar refractivity (Wildman–Crippen MR) is 180 cm³/mol. The number of fused-ring (bicyclic) bond motifs is 4. The number of anilines is 1. The minimum atomic E-state index is -4.83. The van der Waals surface area contributed by atoms with Gasteiger partial charge in [-0.1, -0.05) is 12.0 Å². The Hall–Kier alpha value is -3.90. The number of nitrogens with zero attached hydrogens (tertiary/aromatic N) is 4. The fraction of sp³-hybridized carbons (Fsp3) is 0.444. The Morgan fingerprint density at radius 3 is 2.46 bits per heavy atom. The third-order valence-electron chi connectivity index (χ3n) is 10.2. The van der Waals surface area contributed by atoms with Gasteiger partial charge in [-0.25, -0.2) is 8.78 Å². The van der Waals surface area contributed by atoms with Crippen molar-refractivity contribution >= 4 is 39.3 Å². The minimum Gasteiger partial charge on any atom is -0.508 e. The molecule has 4 heterocycles. The van der Waals surface area contributed by atoms with Crippen LogP contribution in [0.4, 0.5) is 27.8 Å². The fourth-order valence-corrected chi connectivity index (χ4v) is 8.64. The third-order valence-corrected chi connectivity index (χ3v) is 11.0. The number of piperazine rings is 1. The van der Waals surface area contributed by atoms with Gasteiger partial charge in [-0.05, 0) is 79.6 Å². The van der Waals surface area contributed by atoms with Crippen molar-refractivity contribution in [2.24, 2.45) is 5.41 Å². The lowest BCUT2D eigenvalue weighted by Crippen LogP contribution is -2.61. The van der Waals surface area contributed by atoms with Crippen molar-refractivity contribution < 1.29 is 36.9 Å². The summed E-state index contributed by atoms with van der Waals surface area (Å²) in [5.41, 5.74) is -7.01. The highest BCUT2D eigenvalue weighted by atomic mass is 32.2. The highest BCUT2D eigenvalue weighted by molar-refractivity contribution is 8.00. The van der Waals surface area contributed by atoms with Crippen LogP contribution in [0.15, 0.2) is 35.2 Å². The summed E-state index contributed by atoms with van der Waals surface area (Å²) in [4.78, 5) is 12.8. The van der Waals surface area contributed by atoms with Crippen LogP contribution in [0.25, 0.3) is 32.8 Å². The standard InChI is InChI=1S/C36H34F5N5O3S/c1-3-23-26(37)7-4-19-10-22(47)11-24(28(19)23)29-27(50-36(39,40)41)12-25-31(30(29)38)43-33(44-32(25)46-13-20-5-6-21(14-46)42-20)49-18-35(8-9-35)17-45-15-34(2,48)16-45/h1,4,7,10-12,20-21,42,47-48H,5-6,8-9,13-18H2,2H3. The van der Waals surface area contributed by atoms with Gasteiger partial charge in [0.2, 0.25) is 0 Å². The van der Waals surface area contributed by atoms with Crippen LogP contribution < -0.4 is 15.0 Å². The molecule has 2 bridgehead atoms. The van der Waals surface area contributed by atoms with Gasteiger partial charge >= 0.3 is 11.5 Å². The average molecular weight is 712 g/mol. The van der Waals surface area contributed by atoms with Crippen LogP contribution in [0.5, 0.6) is 11.8 Å². The third kappa shape index (κ3) is 6.18. The monoisotopic (exact) mass is 711 g/mol. The topological polar surface area (TPSA) is 94.0 Å². The normalized spacial score (nSPS) is 22.5. The van der Waals surface area contributed by atoms with Gasteiger partial charge in [0, 0.05) is 71.5 Å². The zero-order chi connectivity index (χ0) is 35.2. The number of phenolic OH excluding ortho intramolecular Hbond substituents is 1. The quantitative estimate of drug-likeness (QED) is 0.112. The number of aromatic hydroxyl groups is 1. The second-order valence-electron chi connectivity index (χ2n) is 14.5. The molecule has 0 spiro atoms. The number of terminal acetylenes is 1. The van der Waals surface area contributed by atoms with Crippen LogP contribution >= 0.6 is 11.8 Å². The molecule has 1 aliphatic carbocycles. The van der Waals surface area contributed by atoms with Crippen molar-refractivity contribution in [1.82, 2.24) is 20.2 Å². The van der Waals surface area contributed by atoms with E-state index < -0.39 is 45.0 Å². The molecule has 4 aliphatic rings. The molecule has 0 amide bonds. The maximum Gasteiger partial charge on any atom is 0.446 e. The molecule has 262 valence electrons. The summed E-state index contributed by atoms with van der Waals surface area (Å²) in [5, 5.41) is 24.6. The average Bonchev–Trinajstić information content (AvgIpc) is 3.72. The Balaban J connectivity index is 1.30. The van der Waals surface area contributed by atoms with E-state index in [2.05, 4.69) is 21.1 Å². The van der Waals surface area contributed by atoms with Gasteiger partial charge in [0.15, 0.2) is 5.82 Å². The molecule has 4 aromatic rings. The molecule has 3 saturated heterocycles. The van der Waals surface area contributed by atoms with Crippen LogP contribution in [-0.4, -0.2) is 87.6 Å². The number of hydrogen-bond acceptors (Lipinski definition) is 9. The van der Waals surface area contributed by atoms with Gasteiger partial charge in [-0.2, -0.15) is 23.1 Å². The number of phenols is 1. The smallest absolute Gasteiger partial charge is 0.446 e. The summed E-state index contributed by atoms with van der Waals surface area (Å²) in [6.45, 7) is 4.86. The number of nitrogens with one attached hydrogen (secondary N) is 1. The van der Waals surface area contributed by atoms with E-state index in [1.54, 1.807) is 6.92 Å². The molecule has 2 unspecified atom stereocenters. The molecule has 0 radical (unpaired) electrons. The number of halogens is 5. The highest BCUT2D eigenvalue weighted by Crippen LogP contribution is 2.50. The van der Waals surface area contributed by atoms with Gasteiger partial charge in [-0.15, -0.1) is 6.42 Å². The van der Waals surface area contributed by atoms with Gasteiger partial charge in [0.25, 0.3) is 0 Å². The number of rotatable bonds is 8. The van der Waals surface area contributed by atoms with Gasteiger partial charge < -0.3 is 25.2 Å². The van der Waals surface area contributed by atoms with Crippen molar-refractivity contribution in [1.29, 1.82) is 0 Å². The number of likely N-dealkylation sites (tertiary alicyclic amines) is 1. The van der Waals surface area contributed by atoms with E-state index >= 15 is 8.78 Å². The van der Waals surface area contributed by atoms with Gasteiger partial charge in [0.05, 0.1) is 17.8 Å². The van der Waals surface area contributed by atoms with Crippen LogP contribution in [0.3, 0.4) is 0 Å². The molecule has 50 heavy (non-hydrogen) atoms. The van der Waals surface area contributed by atoms with E-state index in [0.29, 0.717) is 32.7 Å². The van der Waals surface area contributed by atoms with E-state index in [1.807, 2.05) is 4.90 Å². The lowest BCUT2D eigenvalue weighted by atomic mass is 9.93. The van der Waals surface area contributed by atoms with Crippen LogP contribution in [-0.2, 0) is 0 Å². The van der Waals surface area contributed by atoms with Crippen LogP contribution in [0, 0.1) is 29.4 Å². The number of thioether (sulfide) groups is 1. The first-order valence-electron chi connectivity index (χ1n) is 16.5. The van der Waals surface area contributed by atoms with E-state index in [0.717, 1.165) is 37.8 Å². The van der Waals surface area contributed by atoms with Gasteiger partial charge in [0.1, 0.15) is 22.9 Å². The van der Waals surface area contributed by atoms with Crippen molar-refractivity contribution in [3.63, 3.8) is 0 Å². The van der Waals surface area contributed by atoms with E-state index in [-0.39, 0.29) is 74.5 Å². The molecule has 3 aliphatic heterocycles. The van der Waals surface area contributed by atoms with Crippen LogP contribution in [0.1, 0.15) is 38.2 Å². The maximum atomic E-state index is 17.2. The summed E-state index contributed by atoms with van der Waals surface area (Å²) in [5.74, 6) is 0.215. The number of ether oxygens (including phenoxy) is 1. The summed E-state index contributed by atoms with van der Waals surface area (Å²) in [7, 11) is 0. The molecule has 4 fully saturated rings. The van der Waals surface area contributed by atoms with Gasteiger partial charge in [-0.3, -0.25) is 4.90 Å². The second-order valence-corrected chi connectivity index (χ2v) is 15.6.